The fourth-order valence-electron chi connectivity index (χ4n) is 13.3. The van der Waals surface area contributed by atoms with Crippen molar-refractivity contribution in [2.75, 3.05) is 53.9 Å². The molecule has 0 radical (unpaired) electrons. The lowest BCUT2D eigenvalue weighted by Gasteiger charge is -2.43. The molecule has 103 heavy (non-hydrogen) atoms. The molecular weight excluding hydrogens is 1380 g/mol. The quantitative estimate of drug-likeness (QED) is 0.0105. The van der Waals surface area contributed by atoms with Gasteiger partial charge in [-0.15, -0.1) is 26.3 Å². The Morgan fingerprint density at radius 2 is 0.670 bits per heavy atom. The molecule has 8 aliphatic rings. The Morgan fingerprint density at radius 3 is 0.961 bits per heavy atom. The van der Waals surface area contributed by atoms with E-state index in [4.69, 9.17) is 75.8 Å². The third kappa shape index (κ3) is 17.8. The summed E-state index contributed by atoms with van der Waals surface area (Å²) in [5.41, 5.74) is -1.35. The average Bonchev–Trinajstić information content (AvgIpc) is 0.791. The standard InChI is InChI=1S/C66H90O37/c1-7-27-31(36(24-94-59(27)100-63-51(80)47(76)43(72)38(18-68)96-63)57(86)90-15-13-32-28(8-2)60(92-22-34(32)55(84)88-5)101-64-52(81)48(77)44(73)39(19-69)97-64)12-11-26(17-67)42-30(10-4)62(103-66-54(83)50(79)46(75)41(21-71)99-66)95-25-37(42)58(87)91-16-14-33-29(9-3)61(93-23-35(33)56(85)89-6)102-65-53(82)49(78)45(74)40(20-70)98-65/h7-11,17,22-25,27-33,38-54,59-66,68-83H,1-4,12-16,18-21H2,5-6H3/t27-,28-,29+,30+,31+,32+,33-,38-,39-,40-,41-,42-,43-,44-,45-,46-,47+,48+,49+,50+,51-,52-,53-,54-,59+,60+,61-,62-,63+,64+,65+,66+/m1/s1. The summed E-state index contributed by atoms with van der Waals surface area (Å²) in [7, 11) is 2.15. The topological polar surface area (TPSA) is 557 Å². The molecule has 4 fully saturated rings. The molecule has 8 aliphatic heterocycles. The summed E-state index contributed by atoms with van der Waals surface area (Å²) < 4.78 is 91.2. The van der Waals surface area contributed by atoms with Crippen LogP contribution in [0, 0.1) is 47.3 Å². The Balaban J connectivity index is 1.11. The van der Waals surface area contributed by atoms with Crippen LogP contribution < -0.4 is 0 Å². The van der Waals surface area contributed by atoms with E-state index in [2.05, 4.69) is 26.3 Å². The molecule has 0 amide bonds. The summed E-state index contributed by atoms with van der Waals surface area (Å²) >= 11 is 0. The van der Waals surface area contributed by atoms with Crippen LogP contribution in [-0.2, 0) is 99.8 Å². The van der Waals surface area contributed by atoms with E-state index in [1.807, 2.05) is 0 Å². The second-order valence-corrected chi connectivity index (χ2v) is 25.1. The maximum absolute atomic E-state index is 14.8. The molecule has 576 valence electrons. The predicted octanol–water partition coefficient (Wildman–Crippen LogP) is -6.39. The summed E-state index contributed by atoms with van der Waals surface area (Å²) in [5.74, 6) is -14.0. The maximum atomic E-state index is 14.8. The van der Waals surface area contributed by atoms with Crippen molar-refractivity contribution in [3.05, 3.63) is 110 Å². The number of hydrogen-bond acceptors (Lipinski definition) is 37. The Hall–Kier alpha value is -6.55. The highest BCUT2D eigenvalue weighted by molar-refractivity contribution is 5.93. The molecule has 0 aromatic heterocycles. The molecule has 0 spiro atoms. The van der Waals surface area contributed by atoms with Gasteiger partial charge in [-0.1, -0.05) is 30.4 Å². The van der Waals surface area contributed by atoms with Crippen LogP contribution in [0.4, 0.5) is 0 Å². The molecule has 37 heteroatoms. The minimum absolute atomic E-state index is 0.118. The van der Waals surface area contributed by atoms with Crippen LogP contribution in [0.1, 0.15) is 19.3 Å². The highest BCUT2D eigenvalue weighted by Gasteiger charge is 2.54. The van der Waals surface area contributed by atoms with Gasteiger partial charge in [-0.2, -0.15) is 0 Å². The lowest BCUT2D eigenvalue weighted by molar-refractivity contribution is -0.339. The number of carbonyl (C=O) groups excluding carboxylic acids is 5. The van der Waals surface area contributed by atoms with E-state index >= 15 is 0 Å². The first kappa shape index (κ1) is 82.1. The SMILES string of the molecule is C=C[C@@H]1[C@@H](O[C@@H]2O[C@H](CO)[C@@H](O)[C@H](O)[C@H]2O)OC=C(C(=O)OCC[C@H]2C(C(=O)OC)=CO[C@H](O[C@@H]3O[C@H](CO)[C@@H](O)[C@H](O)[C@H]3O)[C@H]2C=C)[C@@H]1C(C=O)=CC[C@@H]1C(C(=O)OCC[C@@H]2C(C(=O)OC)=CO[C@@H](O[C@@H]3O[C@H](CO)[C@@H](O)[C@H](O)[C@H]3O)[C@@H]2C=C)=CO[C@@H](O[C@@H]2O[C@H](CO)[C@@H](O)[C@H](O)[C@H]2O)[C@@H]1C=C. The number of rotatable bonds is 30. The Morgan fingerprint density at radius 1 is 0.388 bits per heavy atom. The zero-order valence-electron chi connectivity index (χ0n) is 55.7. The molecule has 37 nitrogen and oxygen atoms in total. The number of allylic oxidation sites excluding steroid dienone is 2. The highest BCUT2D eigenvalue weighted by Crippen LogP contribution is 2.44. The smallest absolute Gasteiger partial charge is 0.337 e. The van der Waals surface area contributed by atoms with Crippen molar-refractivity contribution >= 4 is 30.2 Å². The van der Waals surface area contributed by atoms with Gasteiger partial charge in [0.2, 0.25) is 25.2 Å². The summed E-state index contributed by atoms with van der Waals surface area (Å²) in [6.07, 6.45) is -32.6. The first-order valence-corrected chi connectivity index (χ1v) is 32.7. The normalized spacial score (nSPS) is 41.2. The van der Waals surface area contributed by atoms with E-state index in [-0.39, 0.29) is 35.1 Å². The van der Waals surface area contributed by atoms with Gasteiger partial charge in [0.25, 0.3) is 0 Å². The van der Waals surface area contributed by atoms with Crippen molar-refractivity contribution in [1.29, 1.82) is 0 Å². The van der Waals surface area contributed by atoms with Crippen LogP contribution >= 0.6 is 0 Å². The number of aliphatic hydroxyl groups is 16. The van der Waals surface area contributed by atoms with Crippen molar-refractivity contribution in [2.24, 2.45) is 47.3 Å². The van der Waals surface area contributed by atoms with Gasteiger partial charge in [-0.3, -0.25) is 4.79 Å². The van der Waals surface area contributed by atoms with Gasteiger partial charge in [-0.25, -0.2) is 19.2 Å². The maximum Gasteiger partial charge on any atom is 0.337 e. The molecule has 16 N–H and O–H groups in total. The molecule has 32 atom stereocenters. The molecule has 0 bridgehead atoms. The van der Waals surface area contributed by atoms with E-state index < -0.39 is 271 Å². The van der Waals surface area contributed by atoms with Crippen molar-refractivity contribution < 1.29 is 181 Å². The van der Waals surface area contributed by atoms with Crippen LogP contribution in [0.2, 0.25) is 0 Å². The van der Waals surface area contributed by atoms with E-state index in [1.165, 1.54) is 30.4 Å². The predicted molar refractivity (Wildman–Crippen MR) is 334 cm³/mol. The fraction of sp³-hybridized carbons (Fsp3) is 0.652. The van der Waals surface area contributed by atoms with E-state index in [0.29, 0.717) is 6.29 Å². The van der Waals surface area contributed by atoms with E-state index in [0.717, 1.165) is 39.3 Å². The summed E-state index contributed by atoms with van der Waals surface area (Å²) in [4.78, 5) is 70.1. The Bertz CT molecular complexity index is 3090. The van der Waals surface area contributed by atoms with E-state index in [9.17, 15) is 106 Å². The number of aliphatic hydroxyl groups excluding tert-OH is 16. The molecule has 0 saturated carbocycles. The number of hydrogen-bond donors (Lipinski definition) is 16. The molecule has 0 aromatic carbocycles. The molecule has 0 aliphatic carbocycles. The third-order valence-electron chi connectivity index (χ3n) is 19.2. The second-order valence-electron chi connectivity index (χ2n) is 25.1. The zero-order chi connectivity index (χ0) is 75.4. The zero-order valence-corrected chi connectivity index (χ0v) is 55.7. The molecule has 8 rings (SSSR count). The van der Waals surface area contributed by atoms with Gasteiger partial charge in [0.05, 0.1) is 107 Å². The molecule has 8 heterocycles. The van der Waals surface area contributed by atoms with Gasteiger partial charge in [-0.05, 0) is 24.8 Å². The molecule has 0 unspecified atom stereocenters. The van der Waals surface area contributed by atoms with Crippen LogP contribution in [0.5, 0.6) is 0 Å². The average molecular weight is 1480 g/mol. The number of aldehydes is 1. The Labute approximate surface area is 588 Å². The monoisotopic (exact) mass is 1470 g/mol. The van der Waals surface area contributed by atoms with Gasteiger partial charge < -0.3 is 157 Å². The van der Waals surface area contributed by atoms with Crippen molar-refractivity contribution in [3.63, 3.8) is 0 Å². The molecule has 0 aromatic rings. The minimum Gasteiger partial charge on any atom is -0.471 e. The van der Waals surface area contributed by atoms with Crippen molar-refractivity contribution in [3.8, 4) is 0 Å². The van der Waals surface area contributed by atoms with Crippen LogP contribution in [0.15, 0.2) is 110 Å². The van der Waals surface area contributed by atoms with Crippen molar-refractivity contribution in [1.82, 2.24) is 0 Å². The van der Waals surface area contributed by atoms with E-state index in [1.54, 1.807) is 0 Å². The van der Waals surface area contributed by atoms with Crippen LogP contribution in [0.3, 0.4) is 0 Å². The van der Waals surface area contributed by atoms with Crippen LogP contribution in [0.25, 0.3) is 0 Å². The number of ether oxygens (including phenoxy) is 16. The number of esters is 4. The minimum atomic E-state index is -2.02. The molecule has 4 saturated heterocycles. The number of methoxy groups -OCH3 is 2. The fourth-order valence-corrected chi connectivity index (χ4v) is 13.3. The van der Waals surface area contributed by atoms with Gasteiger partial charge >= 0.3 is 23.9 Å². The van der Waals surface area contributed by atoms with Gasteiger partial charge in [0, 0.05) is 41.4 Å². The lowest BCUT2D eigenvalue weighted by atomic mass is 9.76. The third-order valence-corrected chi connectivity index (χ3v) is 19.2. The first-order chi connectivity index (χ1) is 49.3. The Kier molecular flexibility index (Phi) is 29.6. The highest BCUT2D eigenvalue weighted by atomic mass is 16.8. The first-order valence-electron chi connectivity index (χ1n) is 32.7. The molecular formula is C66H90O37. The van der Waals surface area contributed by atoms with Crippen LogP contribution in [-0.4, -0.2) is 314 Å². The summed E-state index contributed by atoms with van der Waals surface area (Å²) in [6.45, 7) is 11.0. The van der Waals surface area contributed by atoms with Gasteiger partial charge in [0.15, 0.2) is 25.2 Å². The lowest BCUT2D eigenvalue weighted by Crippen LogP contribution is -2.60. The van der Waals surface area contributed by atoms with Gasteiger partial charge in [0.1, 0.15) is 104 Å². The largest absolute Gasteiger partial charge is 0.471 e. The number of carbonyl (C=O) groups is 5. The van der Waals surface area contributed by atoms with Crippen molar-refractivity contribution in [2.45, 2.75) is 167 Å². The summed E-state index contributed by atoms with van der Waals surface area (Å²) in [6, 6.07) is 0. The summed E-state index contributed by atoms with van der Waals surface area (Å²) in [5, 5.41) is 168. The second kappa shape index (κ2) is 37.1.